The lowest BCUT2D eigenvalue weighted by Crippen LogP contribution is -2.23. The Morgan fingerprint density at radius 1 is 1.33 bits per heavy atom. The average Bonchev–Trinajstić information content (AvgIpc) is 2.24. The van der Waals surface area contributed by atoms with Gasteiger partial charge in [0.25, 0.3) is 5.56 Å². The van der Waals surface area contributed by atoms with Crippen molar-refractivity contribution in [3.05, 3.63) is 26.6 Å². The molecule has 15 heavy (non-hydrogen) atoms. The van der Waals surface area contributed by atoms with Gasteiger partial charge in [0.2, 0.25) is 0 Å². The topological polar surface area (TPSA) is 55.1 Å². The van der Waals surface area contributed by atoms with Gasteiger partial charge in [-0.05, 0) is 19.3 Å². The first-order chi connectivity index (χ1) is 7.16. The minimum atomic E-state index is -0.367. The highest BCUT2D eigenvalue weighted by Gasteiger charge is 2.06. The van der Waals surface area contributed by atoms with E-state index in [4.69, 9.17) is 28.3 Å². The van der Waals surface area contributed by atoms with Crippen LogP contribution < -0.4 is 5.56 Å². The van der Waals surface area contributed by atoms with Gasteiger partial charge in [0, 0.05) is 13.2 Å². The number of aryl methyl sites for hydroxylation is 1. The standard InChI is InChI=1S/C9H12Cl2N2O2/c10-7-6-12-13(9(15)8(7)11)4-2-1-3-5-14/h6,14H,1-5H2. The zero-order valence-corrected chi connectivity index (χ0v) is 9.63. The smallest absolute Gasteiger partial charge is 0.287 e. The normalized spacial score (nSPS) is 10.6. The molecular formula is C9H12Cl2N2O2. The summed E-state index contributed by atoms with van der Waals surface area (Å²) in [5.74, 6) is 0. The Bertz CT molecular complexity index is 379. The van der Waals surface area contributed by atoms with Gasteiger partial charge < -0.3 is 5.11 Å². The first-order valence-electron chi connectivity index (χ1n) is 4.69. The number of rotatable bonds is 5. The van der Waals surface area contributed by atoms with Crippen molar-refractivity contribution in [2.75, 3.05) is 6.61 Å². The first kappa shape index (κ1) is 12.5. The summed E-state index contributed by atoms with van der Waals surface area (Å²) in [4.78, 5) is 11.5. The third-order valence-corrected chi connectivity index (χ3v) is 2.72. The fraction of sp³-hybridized carbons (Fsp3) is 0.556. The molecule has 1 N–H and O–H groups in total. The third kappa shape index (κ3) is 3.48. The molecular weight excluding hydrogens is 239 g/mol. The molecule has 0 aromatic carbocycles. The summed E-state index contributed by atoms with van der Waals surface area (Å²) in [7, 11) is 0. The van der Waals surface area contributed by atoms with Crippen molar-refractivity contribution in [1.29, 1.82) is 0 Å². The molecule has 1 heterocycles. The van der Waals surface area contributed by atoms with Crippen LogP contribution in [-0.4, -0.2) is 21.5 Å². The minimum Gasteiger partial charge on any atom is -0.396 e. The number of hydrogen-bond donors (Lipinski definition) is 1. The van der Waals surface area contributed by atoms with Gasteiger partial charge in [-0.1, -0.05) is 23.2 Å². The zero-order valence-electron chi connectivity index (χ0n) is 8.12. The Labute approximate surface area is 97.4 Å². The number of unbranched alkanes of at least 4 members (excludes halogenated alkanes) is 2. The largest absolute Gasteiger partial charge is 0.396 e. The summed E-state index contributed by atoms with van der Waals surface area (Å²) in [5, 5.41) is 12.6. The van der Waals surface area contributed by atoms with Gasteiger partial charge >= 0.3 is 0 Å². The molecule has 1 aromatic rings. The van der Waals surface area contributed by atoms with Crippen molar-refractivity contribution in [1.82, 2.24) is 9.78 Å². The summed E-state index contributed by atoms with van der Waals surface area (Å²) in [6.07, 6.45) is 3.73. The summed E-state index contributed by atoms with van der Waals surface area (Å²) in [5.41, 5.74) is -0.367. The van der Waals surface area contributed by atoms with Crippen molar-refractivity contribution in [2.24, 2.45) is 0 Å². The molecule has 1 aromatic heterocycles. The molecule has 0 spiro atoms. The Balaban J connectivity index is 2.63. The van der Waals surface area contributed by atoms with E-state index >= 15 is 0 Å². The van der Waals surface area contributed by atoms with Crippen molar-refractivity contribution in [3.8, 4) is 0 Å². The second kappa shape index (κ2) is 6.10. The highest BCUT2D eigenvalue weighted by molar-refractivity contribution is 6.41. The molecule has 6 heteroatoms. The van der Waals surface area contributed by atoms with Gasteiger partial charge in [0.15, 0.2) is 0 Å². The fourth-order valence-corrected chi connectivity index (χ4v) is 1.43. The molecule has 0 aliphatic heterocycles. The van der Waals surface area contributed by atoms with Crippen LogP contribution in [0, 0.1) is 0 Å². The van der Waals surface area contributed by atoms with Crippen LogP contribution in [-0.2, 0) is 6.54 Å². The van der Waals surface area contributed by atoms with Crippen LogP contribution in [0.15, 0.2) is 11.0 Å². The molecule has 0 bridgehead atoms. The molecule has 0 aliphatic rings. The molecule has 0 radical (unpaired) electrons. The monoisotopic (exact) mass is 250 g/mol. The summed E-state index contributed by atoms with van der Waals surface area (Å²) in [6, 6.07) is 0. The second-order valence-electron chi connectivity index (χ2n) is 3.12. The highest BCUT2D eigenvalue weighted by Crippen LogP contribution is 2.14. The lowest BCUT2D eigenvalue weighted by molar-refractivity contribution is 0.281. The van der Waals surface area contributed by atoms with Gasteiger partial charge in [-0.2, -0.15) is 5.10 Å². The van der Waals surface area contributed by atoms with E-state index in [1.54, 1.807) is 0 Å². The van der Waals surface area contributed by atoms with Crippen LogP contribution in [0.1, 0.15) is 19.3 Å². The van der Waals surface area contributed by atoms with E-state index in [1.807, 2.05) is 0 Å². The van der Waals surface area contributed by atoms with Gasteiger partial charge in [-0.3, -0.25) is 4.79 Å². The maximum Gasteiger partial charge on any atom is 0.287 e. The van der Waals surface area contributed by atoms with Crippen LogP contribution in [0.4, 0.5) is 0 Å². The number of aliphatic hydroxyl groups is 1. The Hall–Kier alpha value is -0.580. The van der Waals surface area contributed by atoms with E-state index in [1.165, 1.54) is 10.9 Å². The molecule has 4 nitrogen and oxygen atoms in total. The van der Waals surface area contributed by atoms with Crippen molar-refractivity contribution in [2.45, 2.75) is 25.8 Å². The quantitative estimate of drug-likeness (QED) is 0.810. The van der Waals surface area contributed by atoms with Crippen LogP contribution in [0.25, 0.3) is 0 Å². The number of nitrogens with zero attached hydrogens (tertiary/aromatic N) is 2. The zero-order chi connectivity index (χ0) is 11.3. The number of aromatic nitrogens is 2. The molecule has 0 unspecified atom stereocenters. The summed E-state index contributed by atoms with van der Waals surface area (Å²) >= 11 is 11.3. The van der Waals surface area contributed by atoms with E-state index < -0.39 is 0 Å². The number of hydrogen-bond acceptors (Lipinski definition) is 3. The maximum atomic E-state index is 11.5. The van der Waals surface area contributed by atoms with Crippen LogP contribution in [0.5, 0.6) is 0 Å². The average molecular weight is 251 g/mol. The summed E-state index contributed by atoms with van der Waals surface area (Å²) < 4.78 is 1.28. The van der Waals surface area contributed by atoms with Gasteiger partial charge in [-0.15, -0.1) is 0 Å². The van der Waals surface area contributed by atoms with Crippen molar-refractivity contribution >= 4 is 23.2 Å². The maximum absolute atomic E-state index is 11.5. The van der Waals surface area contributed by atoms with E-state index in [0.717, 1.165) is 19.3 Å². The van der Waals surface area contributed by atoms with Crippen LogP contribution in [0.3, 0.4) is 0 Å². The molecule has 0 fully saturated rings. The molecule has 0 atom stereocenters. The number of halogens is 2. The predicted octanol–water partition coefficient (Wildman–Crippen LogP) is 1.71. The summed E-state index contributed by atoms with van der Waals surface area (Å²) in [6.45, 7) is 0.666. The van der Waals surface area contributed by atoms with Gasteiger partial charge in [-0.25, -0.2) is 4.68 Å². The highest BCUT2D eigenvalue weighted by atomic mass is 35.5. The van der Waals surface area contributed by atoms with Crippen molar-refractivity contribution < 1.29 is 5.11 Å². The second-order valence-corrected chi connectivity index (χ2v) is 3.90. The predicted molar refractivity (Wildman–Crippen MR) is 59.5 cm³/mol. The Morgan fingerprint density at radius 2 is 2.07 bits per heavy atom. The molecule has 0 amide bonds. The van der Waals surface area contributed by atoms with Gasteiger partial charge in [0.1, 0.15) is 5.02 Å². The first-order valence-corrected chi connectivity index (χ1v) is 5.44. The molecule has 1 rings (SSSR count). The molecule has 0 saturated heterocycles. The number of aliphatic hydroxyl groups excluding tert-OH is 1. The van der Waals surface area contributed by atoms with E-state index in [9.17, 15) is 4.79 Å². The molecule has 0 saturated carbocycles. The fourth-order valence-electron chi connectivity index (χ4n) is 1.15. The van der Waals surface area contributed by atoms with E-state index in [-0.39, 0.29) is 22.2 Å². The van der Waals surface area contributed by atoms with Crippen molar-refractivity contribution in [3.63, 3.8) is 0 Å². The molecule has 0 aliphatic carbocycles. The Kier molecular flexibility index (Phi) is 5.08. The van der Waals surface area contributed by atoms with Crippen LogP contribution in [0.2, 0.25) is 10.0 Å². The SMILES string of the molecule is O=c1c(Cl)c(Cl)cnn1CCCCCO. The lowest BCUT2D eigenvalue weighted by atomic mass is 10.2. The third-order valence-electron chi connectivity index (χ3n) is 1.97. The van der Waals surface area contributed by atoms with E-state index in [2.05, 4.69) is 5.10 Å². The van der Waals surface area contributed by atoms with Gasteiger partial charge in [0.05, 0.1) is 11.2 Å². The minimum absolute atomic E-state index is 0.00817. The lowest BCUT2D eigenvalue weighted by Gasteiger charge is -2.04. The van der Waals surface area contributed by atoms with Crippen LogP contribution >= 0.6 is 23.2 Å². The van der Waals surface area contributed by atoms with E-state index in [0.29, 0.717) is 6.54 Å². The Morgan fingerprint density at radius 3 is 2.73 bits per heavy atom. The molecule has 84 valence electrons.